The first-order chi connectivity index (χ1) is 7.88. The summed E-state index contributed by atoms with van der Waals surface area (Å²) in [4.78, 5) is 4.00. The van der Waals surface area contributed by atoms with E-state index in [1.165, 1.54) is 43.1 Å². The molecule has 1 aromatic carbocycles. The van der Waals surface area contributed by atoms with Crippen LogP contribution in [0, 0.1) is 5.92 Å². The van der Waals surface area contributed by atoms with Crippen LogP contribution in [0.5, 0.6) is 0 Å². The van der Waals surface area contributed by atoms with Crippen LogP contribution in [-0.2, 0) is 0 Å². The van der Waals surface area contributed by atoms with Crippen molar-refractivity contribution in [1.29, 1.82) is 0 Å². The zero-order chi connectivity index (χ0) is 11.2. The fourth-order valence-electron chi connectivity index (χ4n) is 2.31. The molecule has 2 rings (SSSR count). The van der Waals surface area contributed by atoms with Gasteiger partial charge in [-0.25, -0.2) is 0 Å². The van der Waals surface area contributed by atoms with E-state index in [9.17, 15) is 0 Å². The van der Waals surface area contributed by atoms with Crippen LogP contribution >= 0.6 is 11.8 Å². The van der Waals surface area contributed by atoms with Gasteiger partial charge >= 0.3 is 0 Å². The maximum atomic E-state index is 2.58. The molecule has 1 atom stereocenters. The van der Waals surface area contributed by atoms with Gasteiger partial charge in [0.25, 0.3) is 0 Å². The number of piperidine rings is 1. The smallest absolute Gasteiger partial charge is 0.00720 e. The highest BCUT2D eigenvalue weighted by atomic mass is 32.2. The number of likely N-dealkylation sites (tertiary alicyclic amines) is 1. The molecule has 0 bridgehead atoms. The zero-order valence-electron chi connectivity index (χ0n) is 10.1. The Kier molecular flexibility index (Phi) is 4.73. The molecule has 0 saturated carbocycles. The predicted molar refractivity (Wildman–Crippen MR) is 72.0 cm³/mol. The highest BCUT2D eigenvalue weighted by molar-refractivity contribution is 7.99. The summed E-state index contributed by atoms with van der Waals surface area (Å²) in [5.41, 5.74) is 0. The minimum absolute atomic E-state index is 0.888. The second kappa shape index (κ2) is 6.31. The third-order valence-electron chi connectivity index (χ3n) is 3.28. The van der Waals surface area contributed by atoms with Crippen molar-refractivity contribution in [3.8, 4) is 0 Å². The van der Waals surface area contributed by atoms with Crippen molar-refractivity contribution in [2.75, 3.05) is 25.4 Å². The number of nitrogens with zero attached hydrogens (tertiary/aromatic N) is 1. The van der Waals surface area contributed by atoms with Crippen LogP contribution in [-0.4, -0.2) is 30.3 Å². The molecule has 0 radical (unpaired) electrons. The molecule has 1 heterocycles. The molecule has 0 aliphatic carbocycles. The van der Waals surface area contributed by atoms with Crippen LogP contribution in [0.15, 0.2) is 35.2 Å². The third kappa shape index (κ3) is 3.53. The maximum absolute atomic E-state index is 2.58. The van der Waals surface area contributed by atoms with Crippen LogP contribution in [0.3, 0.4) is 0 Å². The zero-order valence-corrected chi connectivity index (χ0v) is 10.9. The molecule has 0 amide bonds. The van der Waals surface area contributed by atoms with Crippen LogP contribution in [0.4, 0.5) is 0 Å². The van der Waals surface area contributed by atoms with E-state index in [0.717, 1.165) is 5.92 Å². The van der Waals surface area contributed by atoms with Gasteiger partial charge in [-0.05, 0) is 44.0 Å². The van der Waals surface area contributed by atoms with Crippen molar-refractivity contribution in [1.82, 2.24) is 4.90 Å². The number of hydrogen-bond donors (Lipinski definition) is 0. The van der Waals surface area contributed by atoms with Gasteiger partial charge < -0.3 is 4.90 Å². The quantitative estimate of drug-likeness (QED) is 0.735. The van der Waals surface area contributed by atoms with E-state index in [0.29, 0.717) is 0 Å². The molecule has 1 aromatic rings. The Morgan fingerprint density at radius 3 is 2.88 bits per heavy atom. The standard InChI is InChI=1S/C14H21NS/c1-2-15-10-6-7-13(11-15)12-16-14-8-4-3-5-9-14/h3-5,8-9,13H,2,6-7,10-12H2,1H3. The van der Waals surface area contributed by atoms with E-state index in [-0.39, 0.29) is 0 Å². The molecule has 1 fully saturated rings. The Bertz CT molecular complexity index is 299. The molecule has 0 spiro atoms. The van der Waals surface area contributed by atoms with Crippen molar-refractivity contribution < 1.29 is 0 Å². The van der Waals surface area contributed by atoms with Gasteiger partial charge in [-0.1, -0.05) is 25.1 Å². The molecular weight excluding hydrogens is 214 g/mol. The fraction of sp³-hybridized carbons (Fsp3) is 0.571. The summed E-state index contributed by atoms with van der Waals surface area (Å²) < 4.78 is 0. The van der Waals surface area contributed by atoms with Gasteiger partial charge in [0.1, 0.15) is 0 Å². The van der Waals surface area contributed by atoms with Gasteiger partial charge in [-0.3, -0.25) is 0 Å². The Hall–Kier alpha value is -0.470. The van der Waals surface area contributed by atoms with E-state index in [1.54, 1.807) is 0 Å². The van der Waals surface area contributed by atoms with Crippen LogP contribution in [0.1, 0.15) is 19.8 Å². The first kappa shape index (κ1) is 12.0. The lowest BCUT2D eigenvalue weighted by atomic mass is 10.0. The van der Waals surface area contributed by atoms with Gasteiger partial charge in [-0.2, -0.15) is 0 Å². The Morgan fingerprint density at radius 1 is 1.31 bits per heavy atom. The van der Waals surface area contributed by atoms with Crippen LogP contribution in [0.2, 0.25) is 0 Å². The summed E-state index contributed by atoms with van der Waals surface area (Å²) in [6, 6.07) is 10.8. The normalized spacial score (nSPS) is 22.2. The Labute approximate surface area is 103 Å². The molecule has 1 unspecified atom stereocenters. The summed E-state index contributed by atoms with van der Waals surface area (Å²) in [6.45, 7) is 6.10. The van der Waals surface area contributed by atoms with Crippen LogP contribution < -0.4 is 0 Å². The number of benzene rings is 1. The highest BCUT2D eigenvalue weighted by Gasteiger charge is 2.18. The van der Waals surface area contributed by atoms with Crippen molar-refractivity contribution in [2.45, 2.75) is 24.7 Å². The summed E-state index contributed by atoms with van der Waals surface area (Å²) in [7, 11) is 0. The van der Waals surface area contributed by atoms with Gasteiger partial charge in [0.2, 0.25) is 0 Å². The summed E-state index contributed by atoms with van der Waals surface area (Å²) in [5, 5.41) is 0. The summed E-state index contributed by atoms with van der Waals surface area (Å²) in [5.74, 6) is 2.17. The van der Waals surface area contributed by atoms with Crippen molar-refractivity contribution in [3.63, 3.8) is 0 Å². The average molecular weight is 235 g/mol. The molecule has 1 aliphatic rings. The summed E-state index contributed by atoms with van der Waals surface area (Å²) >= 11 is 2.01. The molecular formula is C14H21NS. The van der Waals surface area contributed by atoms with Gasteiger partial charge in [-0.15, -0.1) is 11.8 Å². The van der Waals surface area contributed by atoms with E-state index in [4.69, 9.17) is 0 Å². The lowest BCUT2D eigenvalue weighted by Crippen LogP contribution is -2.36. The van der Waals surface area contributed by atoms with Gasteiger partial charge in [0, 0.05) is 17.2 Å². The first-order valence-electron chi connectivity index (χ1n) is 6.28. The number of hydrogen-bond acceptors (Lipinski definition) is 2. The Balaban J connectivity index is 1.77. The lowest BCUT2D eigenvalue weighted by molar-refractivity contribution is 0.195. The van der Waals surface area contributed by atoms with E-state index < -0.39 is 0 Å². The third-order valence-corrected chi connectivity index (χ3v) is 4.52. The second-order valence-electron chi connectivity index (χ2n) is 4.53. The van der Waals surface area contributed by atoms with E-state index in [2.05, 4.69) is 42.2 Å². The topological polar surface area (TPSA) is 3.24 Å². The first-order valence-corrected chi connectivity index (χ1v) is 7.27. The molecule has 88 valence electrons. The largest absolute Gasteiger partial charge is 0.303 e. The number of thioether (sulfide) groups is 1. The predicted octanol–water partition coefficient (Wildman–Crippen LogP) is 3.51. The fourth-order valence-corrected chi connectivity index (χ4v) is 3.36. The van der Waals surface area contributed by atoms with E-state index >= 15 is 0 Å². The molecule has 16 heavy (non-hydrogen) atoms. The highest BCUT2D eigenvalue weighted by Crippen LogP contribution is 2.25. The molecule has 0 aromatic heterocycles. The minimum Gasteiger partial charge on any atom is -0.303 e. The molecule has 2 heteroatoms. The lowest BCUT2D eigenvalue weighted by Gasteiger charge is -2.31. The van der Waals surface area contributed by atoms with Gasteiger partial charge in [0.05, 0.1) is 0 Å². The Morgan fingerprint density at radius 2 is 2.12 bits per heavy atom. The van der Waals surface area contributed by atoms with Crippen molar-refractivity contribution in [3.05, 3.63) is 30.3 Å². The maximum Gasteiger partial charge on any atom is 0.00720 e. The van der Waals surface area contributed by atoms with Gasteiger partial charge in [0.15, 0.2) is 0 Å². The molecule has 1 aliphatic heterocycles. The molecule has 0 N–H and O–H groups in total. The average Bonchev–Trinajstić information content (AvgIpc) is 2.38. The second-order valence-corrected chi connectivity index (χ2v) is 5.62. The van der Waals surface area contributed by atoms with E-state index in [1.807, 2.05) is 11.8 Å². The van der Waals surface area contributed by atoms with Crippen LogP contribution in [0.25, 0.3) is 0 Å². The molecule has 1 saturated heterocycles. The summed E-state index contributed by atoms with van der Waals surface area (Å²) in [6.07, 6.45) is 2.80. The monoisotopic (exact) mass is 235 g/mol. The number of rotatable bonds is 4. The SMILES string of the molecule is CCN1CCCC(CSc2ccccc2)C1. The van der Waals surface area contributed by atoms with Crippen molar-refractivity contribution >= 4 is 11.8 Å². The molecule has 1 nitrogen and oxygen atoms in total. The van der Waals surface area contributed by atoms with Crippen molar-refractivity contribution in [2.24, 2.45) is 5.92 Å². The minimum atomic E-state index is 0.888.